The van der Waals surface area contributed by atoms with Crippen molar-refractivity contribution in [2.24, 2.45) is 0 Å². The van der Waals surface area contributed by atoms with Crippen molar-refractivity contribution in [2.75, 3.05) is 16.5 Å². The number of aliphatic hydroxyl groups is 1. The summed E-state index contributed by atoms with van der Waals surface area (Å²) in [7, 11) is 0. The van der Waals surface area contributed by atoms with Crippen LogP contribution in [-0.2, 0) is 9.53 Å². The van der Waals surface area contributed by atoms with E-state index < -0.39 is 75.2 Å². The first kappa shape index (κ1) is 20.5. The van der Waals surface area contributed by atoms with Gasteiger partial charge in [-0.05, 0) is 0 Å². The molecule has 0 aromatic heterocycles. The summed E-state index contributed by atoms with van der Waals surface area (Å²) in [5, 5.41) is 8.95. The molecule has 1 aliphatic heterocycles. The van der Waals surface area contributed by atoms with Crippen molar-refractivity contribution in [1.29, 1.82) is 0 Å². The summed E-state index contributed by atoms with van der Waals surface area (Å²) in [5.41, 5.74) is -5.07. The number of carbonyl (C=O) groups excluding carboxylic acids is 1. The zero-order valence-corrected chi connectivity index (χ0v) is 15.9. The second-order valence-corrected chi connectivity index (χ2v) is 12.8. The zero-order chi connectivity index (χ0) is 17.6. The summed E-state index contributed by atoms with van der Waals surface area (Å²) in [5.74, 6) is -1.13. The number of rotatable bonds is 5. The van der Waals surface area contributed by atoms with E-state index in [0.29, 0.717) is 0 Å². The van der Waals surface area contributed by atoms with Gasteiger partial charge in [-0.1, -0.05) is 0 Å². The second kappa shape index (κ2) is 6.38. The molecule has 22 heavy (non-hydrogen) atoms. The van der Waals surface area contributed by atoms with Crippen molar-refractivity contribution in [3.05, 3.63) is 0 Å². The fourth-order valence-electron chi connectivity index (χ4n) is 1.45. The van der Waals surface area contributed by atoms with E-state index in [4.69, 9.17) is 5.11 Å². The average Bonchev–Trinajstić information content (AvgIpc) is 3.09. The van der Waals surface area contributed by atoms with E-state index in [1.165, 1.54) is 6.92 Å². The summed E-state index contributed by atoms with van der Waals surface area (Å²) >= 11 is -2.37. The minimum atomic E-state index is -6.00. The Kier molecular flexibility index (Phi) is 5.94. The Bertz CT molecular complexity index is 429. The number of carbonyl (C=O) groups is 1. The zero-order valence-electron chi connectivity index (χ0n) is 11.6. The third kappa shape index (κ3) is 3.74. The molecule has 2 unspecified atom stereocenters. The van der Waals surface area contributed by atoms with Crippen LogP contribution in [-0.4, -0.2) is 53.0 Å². The van der Waals surface area contributed by atoms with Crippen molar-refractivity contribution >= 4 is 26.1 Å². The van der Waals surface area contributed by atoms with Crippen LogP contribution in [0.3, 0.4) is 0 Å². The van der Waals surface area contributed by atoms with E-state index >= 15 is 0 Å². The van der Waals surface area contributed by atoms with Crippen molar-refractivity contribution in [1.82, 2.24) is 3.53 Å². The molecular weight excluding hydrogens is 550 g/mol. The number of nitrogens with one attached hydrogen (secondary N) is 1. The van der Waals surface area contributed by atoms with E-state index in [1.54, 1.807) is 4.93 Å². The second-order valence-electron chi connectivity index (χ2n) is 4.68. The van der Waals surface area contributed by atoms with Gasteiger partial charge in [0.25, 0.3) is 0 Å². The summed E-state index contributed by atoms with van der Waals surface area (Å²) in [6.45, 7) is -0.718. The first-order chi connectivity index (χ1) is 9.70. The summed E-state index contributed by atoms with van der Waals surface area (Å²) < 4.78 is 81.0. The Morgan fingerprint density at radius 3 is 1.95 bits per heavy atom. The molecule has 0 bridgehead atoms. The van der Waals surface area contributed by atoms with Gasteiger partial charge in [0.05, 0.1) is 0 Å². The summed E-state index contributed by atoms with van der Waals surface area (Å²) in [6.07, 6.45) is -12.0. The number of halogens is 8. The van der Waals surface area contributed by atoms with Gasteiger partial charge in [0, 0.05) is 0 Å². The predicted molar refractivity (Wildman–Crippen MR) is 69.2 cm³/mol. The van der Waals surface area contributed by atoms with Crippen LogP contribution in [0.2, 0.25) is 0 Å². The van der Waals surface area contributed by atoms with E-state index in [-0.39, 0.29) is 4.05 Å². The number of esters is 1. The van der Waals surface area contributed by atoms with Gasteiger partial charge in [-0.15, -0.1) is 0 Å². The summed E-state index contributed by atoms with van der Waals surface area (Å²) in [4.78, 5) is 15.6. The molecule has 2 atom stereocenters. The van der Waals surface area contributed by atoms with Crippen LogP contribution in [0.4, 0.5) is 26.3 Å². The normalized spacial score (nSPS) is 24.1. The summed E-state index contributed by atoms with van der Waals surface area (Å²) in [6, 6.07) is 0. The maximum atomic E-state index is 12.5. The topological polar surface area (TPSA) is 68.5 Å². The van der Waals surface area contributed by atoms with E-state index in [1.807, 2.05) is 4.93 Å². The fraction of sp³-hybridized carbons (Fsp3) is 0.900. The van der Waals surface area contributed by atoms with Gasteiger partial charge < -0.3 is 0 Å². The first-order valence-electron chi connectivity index (χ1n) is 5.59. The Morgan fingerprint density at radius 2 is 1.68 bits per heavy atom. The molecular formula is C10H14F6I2NO3-. The molecule has 0 radical (unpaired) electrons. The number of hydrogen-bond acceptors (Lipinski definition) is 4. The molecule has 0 saturated carbocycles. The maximum absolute atomic E-state index is 12.5. The van der Waals surface area contributed by atoms with E-state index in [0.717, 1.165) is 0 Å². The number of alkyl halides is 10. The van der Waals surface area contributed by atoms with Gasteiger partial charge in [-0.2, -0.15) is 0 Å². The number of hydrogen-bond donors (Lipinski definition) is 2. The Balaban J connectivity index is 2.88. The molecule has 0 amide bonds. The predicted octanol–water partition coefficient (Wildman–Crippen LogP) is -1.16. The Morgan fingerprint density at radius 1 is 1.27 bits per heavy atom. The molecule has 0 aromatic carbocycles. The first-order valence-corrected chi connectivity index (χ1v) is 13.3. The van der Waals surface area contributed by atoms with Gasteiger partial charge in [-0.3, -0.25) is 0 Å². The van der Waals surface area contributed by atoms with Crippen LogP contribution in [0.5, 0.6) is 0 Å². The molecule has 2 N–H and O–H groups in total. The van der Waals surface area contributed by atoms with Crippen molar-refractivity contribution in [3.63, 3.8) is 0 Å². The average molecular weight is 564 g/mol. The number of ether oxygens (including phenoxy) is 1. The van der Waals surface area contributed by atoms with Crippen LogP contribution >= 0.6 is 20.1 Å². The van der Waals surface area contributed by atoms with E-state index in [9.17, 15) is 31.1 Å². The third-order valence-electron chi connectivity index (χ3n) is 3.16. The molecule has 1 aliphatic rings. The standard InChI is InChI=1S/C10H14F6I2NO3/c1-7(17-2,5-18(3)19-5)6(20)22-4-8(21,9(11,12)13)10(14,15)16/h5,19,21H,4H2,1-3H3/q-1. The van der Waals surface area contributed by atoms with Crippen LogP contribution < -0.4 is 24.7 Å². The van der Waals surface area contributed by atoms with Crippen LogP contribution in [0.1, 0.15) is 6.92 Å². The molecule has 0 aliphatic carbocycles. The SMILES string of the molecule is C[I-]C(C)(C(=O)OCC(O)(C(F)(F)F)C(F)(F)F)C1NI1C. The molecule has 12 heteroatoms. The van der Waals surface area contributed by atoms with Crippen molar-refractivity contribution < 1.29 is 62.2 Å². The third-order valence-corrected chi connectivity index (χ3v) is 12.0. The monoisotopic (exact) mass is 564 g/mol. The molecule has 0 spiro atoms. The quantitative estimate of drug-likeness (QED) is 0.0843. The van der Waals surface area contributed by atoms with Gasteiger partial charge >= 0.3 is 141 Å². The molecule has 1 saturated heterocycles. The minimum absolute atomic E-state index is 0.188. The molecule has 0 aromatic rings. The molecule has 1 fully saturated rings. The van der Waals surface area contributed by atoms with Crippen molar-refractivity contribution in [3.8, 4) is 0 Å². The van der Waals surface area contributed by atoms with Gasteiger partial charge in [0.15, 0.2) is 0 Å². The Hall–Kier alpha value is 0.430. The molecule has 4 nitrogen and oxygen atoms in total. The van der Waals surface area contributed by atoms with Gasteiger partial charge in [0.2, 0.25) is 0 Å². The van der Waals surface area contributed by atoms with Crippen LogP contribution in [0.25, 0.3) is 0 Å². The van der Waals surface area contributed by atoms with Gasteiger partial charge in [0.1, 0.15) is 0 Å². The fourth-order valence-corrected chi connectivity index (χ4v) is 12.2. The molecule has 1 rings (SSSR count). The van der Waals surface area contributed by atoms with Crippen LogP contribution in [0.15, 0.2) is 0 Å². The van der Waals surface area contributed by atoms with E-state index in [2.05, 4.69) is 8.27 Å². The van der Waals surface area contributed by atoms with Gasteiger partial charge in [-0.25, -0.2) is 0 Å². The molecule has 134 valence electrons. The Labute approximate surface area is 140 Å². The van der Waals surface area contributed by atoms with Crippen LogP contribution in [0, 0.1) is 0 Å². The van der Waals surface area contributed by atoms with Crippen molar-refractivity contribution in [2.45, 2.75) is 32.3 Å². The molecule has 1 heterocycles.